The van der Waals surface area contributed by atoms with Gasteiger partial charge in [-0.05, 0) is 43.1 Å². The lowest BCUT2D eigenvalue weighted by Crippen LogP contribution is -2.35. The van der Waals surface area contributed by atoms with Crippen LogP contribution in [0.5, 0.6) is 0 Å². The number of pyridine rings is 1. The number of hydrogen-bond acceptors (Lipinski definition) is 5. The lowest BCUT2D eigenvalue weighted by molar-refractivity contribution is 0.172. The van der Waals surface area contributed by atoms with Crippen molar-refractivity contribution in [3.63, 3.8) is 0 Å². The van der Waals surface area contributed by atoms with Crippen LogP contribution in [-0.2, 0) is 16.6 Å². The van der Waals surface area contributed by atoms with Gasteiger partial charge < -0.3 is 4.57 Å². The van der Waals surface area contributed by atoms with Crippen LogP contribution in [0.2, 0.25) is 0 Å². The summed E-state index contributed by atoms with van der Waals surface area (Å²) < 4.78 is 30.1. The van der Waals surface area contributed by atoms with Crippen LogP contribution in [0.4, 0.5) is 0 Å². The van der Waals surface area contributed by atoms with E-state index in [4.69, 9.17) is 0 Å². The molecule has 2 aromatic carbocycles. The van der Waals surface area contributed by atoms with Gasteiger partial charge >= 0.3 is 0 Å². The molecule has 0 radical (unpaired) electrons. The molecule has 3 aromatic heterocycles. The van der Waals surface area contributed by atoms with E-state index in [-0.39, 0.29) is 10.9 Å². The van der Waals surface area contributed by atoms with Crippen molar-refractivity contribution in [2.75, 3.05) is 13.1 Å². The number of rotatable bonds is 5. The van der Waals surface area contributed by atoms with Gasteiger partial charge in [0.25, 0.3) is 10.0 Å². The highest BCUT2D eigenvalue weighted by atomic mass is 32.2. The second-order valence-electron chi connectivity index (χ2n) is 8.83. The Bertz CT molecular complexity index is 1560. The average molecular weight is 472 g/mol. The molecule has 0 unspecified atom stereocenters. The van der Waals surface area contributed by atoms with Gasteiger partial charge in [-0.3, -0.25) is 4.90 Å². The zero-order valence-electron chi connectivity index (χ0n) is 18.7. The molecule has 0 amide bonds. The maximum Gasteiger partial charge on any atom is 0.269 e. The second-order valence-corrected chi connectivity index (χ2v) is 10.6. The van der Waals surface area contributed by atoms with Crippen molar-refractivity contribution in [2.24, 2.45) is 0 Å². The van der Waals surface area contributed by atoms with Gasteiger partial charge in [-0.25, -0.2) is 22.4 Å². The Morgan fingerprint density at radius 3 is 2.50 bits per heavy atom. The molecule has 8 heteroatoms. The minimum Gasteiger partial charge on any atom is -0.326 e. The van der Waals surface area contributed by atoms with Crippen molar-refractivity contribution in [1.29, 1.82) is 0 Å². The van der Waals surface area contributed by atoms with Crippen LogP contribution in [0.3, 0.4) is 0 Å². The Morgan fingerprint density at radius 1 is 0.941 bits per heavy atom. The van der Waals surface area contributed by atoms with Gasteiger partial charge in [0.05, 0.1) is 22.9 Å². The molecule has 172 valence electrons. The topological polar surface area (TPSA) is 73.0 Å². The standard InChI is InChI=1S/C26H25N5O2S/c32-34(33,22-11-5-2-6-12-22)31-15-13-23-25-24(16-27-26(23)31)28-19-30(25)21-10-7-14-29(18-21)17-20-8-3-1-4-9-20/h1-6,8-9,11-13,15-16,19,21H,7,10,14,17-18H2/t21-/m1/s1. The van der Waals surface area contributed by atoms with Crippen molar-refractivity contribution in [3.05, 3.63) is 91.0 Å². The largest absolute Gasteiger partial charge is 0.326 e. The fourth-order valence-electron chi connectivity index (χ4n) is 5.01. The molecule has 1 aliphatic heterocycles. The predicted octanol–water partition coefficient (Wildman–Crippen LogP) is 4.46. The van der Waals surface area contributed by atoms with Crippen LogP contribution in [-0.4, -0.2) is 44.9 Å². The first-order valence-corrected chi connectivity index (χ1v) is 12.9. The SMILES string of the molecule is O=S(=O)(c1ccccc1)n1ccc2c3c(cnc21)ncn3[C@@H]1CCCN(Cc2ccccc2)C1. The number of benzene rings is 2. The Kier molecular flexibility index (Phi) is 5.19. The Labute approximate surface area is 198 Å². The summed E-state index contributed by atoms with van der Waals surface area (Å²) in [7, 11) is -3.74. The molecular weight excluding hydrogens is 446 g/mol. The number of likely N-dealkylation sites (tertiary alicyclic amines) is 1. The molecule has 1 saturated heterocycles. The van der Waals surface area contributed by atoms with Gasteiger partial charge in [-0.2, -0.15) is 0 Å². The maximum absolute atomic E-state index is 13.3. The Balaban J connectivity index is 1.38. The van der Waals surface area contributed by atoms with E-state index < -0.39 is 10.0 Å². The molecule has 0 N–H and O–H groups in total. The zero-order valence-corrected chi connectivity index (χ0v) is 19.5. The molecule has 1 aliphatic rings. The number of fused-ring (bicyclic) bond motifs is 3. The van der Waals surface area contributed by atoms with Gasteiger partial charge in [0.2, 0.25) is 0 Å². The molecule has 4 heterocycles. The molecule has 34 heavy (non-hydrogen) atoms. The molecule has 5 aromatic rings. The molecule has 6 rings (SSSR count). The highest BCUT2D eigenvalue weighted by Crippen LogP contribution is 2.31. The monoisotopic (exact) mass is 471 g/mol. The van der Waals surface area contributed by atoms with E-state index in [0.29, 0.717) is 5.65 Å². The Morgan fingerprint density at radius 2 is 1.71 bits per heavy atom. The molecule has 1 atom stereocenters. The molecule has 0 spiro atoms. The van der Waals surface area contributed by atoms with Crippen molar-refractivity contribution in [3.8, 4) is 0 Å². The summed E-state index contributed by atoms with van der Waals surface area (Å²) in [5, 5.41) is 0.801. The minimum atomic E-state index is -3.74. The molecule has 7 nitrogen and oxygen atoms in total. The van der Waals surface area contributed by atoms with Crippen molar-refractivity contribution in [2.45, 2.75) is 30.3 Å². The first kappa shape index (κ1) is 21.1. The maximum atomic E-state index is 13.3. The van der Waals surface area contributed by atoms with Crippen molar-refractivity contribution < 1.29 is 8.42 Å². The van der Waals surface area contributed by atoms with Crippen molar-refractivity contribution in [1.82, 2.24) is 23.4 Å². The van der Waals surface area contributed by atoms with E-state index in [1.807, 2.05) is 18.5 Å². The van der Waals surface area contributed by atoms with E-state index in [9.17, 15) is 8.42 Å². The number of aromatic nitrogens is 4. The number of nitrogens with zero attached hydrogens (tertiary/aromatic N) is 5. The van der Waals surface area contributed by atoms with Gasteiger partial charge in [-0.15, -0.1) is 0 Å². The van der Waals surface area contributed by atoms with E-state index >= 15 is 0 Å². The summed E-state index contributed by atoms with van der Waals surface area (Å²) in [5.41, 5.74) is 3.46. The summed E-state index contributed by atoms with van der Waals surface area (Å²) >= 11 is 0. The van der Waals surface area contributed by atoms with E-state index in [0.717, 1.165) is 48.9 Å². The molecule has 0 bridgehead atoms. The zero-order chi connectivity index (χ0) is 23.1. The third kappa shape index (κ3) is 3.59. The molecule has 1 fully saturated rings. The highest BCUT2D eigenvalue weighted by molar-refractivity contribution is 7.90. The van der Waals surface area contributed by atoms with Crippen LogP contribution >= 0.6 is 0 Å². The fraction of sp³-hybridized carbons (Fsp3) is 0.231. The van der Waals surface area contributed by atoms with Gasteiger partial charge in [-0.1, -0.05) is 48.5 Å². The summed E-state index contributed by atoms with van der Waals surface area (Å²) in [5.74, 6) is 0. The minimum absolute atomic E-state index is 0.242. The first-order valence-electron chi connectivity index (χ1n) is 11.5. The quantitative estimate of drug-likeness (QED) is 0.378. The third-order valence-electron chi connectivity index (χ3n) is 6.64. The van der Waals surface area contributed by atoms with Crippen LogP contribution in [0, 0.1) is 0 Å². The number of piperidine rings is 1. The first-order chi connectivity index (χ1) is 16.6. The van der Waals surface area contributed by atoms with Crippen LogP contribution in [0.25, 0.3) is 22.1 Å². The molecule has 0 aliphatic carbocycles. The average Bonchev–Trinajstić information content (AvgIpc) is 3.50. The summed E-state index contributed by atoms with van der Waals surface area (Å²) in [6, 6.07) is 21.1. The van der Waals surface area contributed by atoms with Crippen LogP contribution in [0.15, 0.2) is 90.3 Å². The Hall–Kier alpha value is -3.49. The predicted molar refractivity (Wildman–Crippen MR) is 132 cm³/mol. The summed E-state index contributed by atoms with van der Waals surface area (Å²) in [4.78, 5) is 11.8. The molecule has 0 saturated carbocycles. The third-order valence-corrected chi connectivity index (χ3v) is 8.32. The van der Waals surface area contributed by atoms with E-state index in [1.54, 1.807) is 42.7 Å². The lowest BCUT2D eigenvalue weighted by Gasteiger charge is -2.33. The summed E-state index contributed by atoms with van der Waals surface area (Å²) in [6.07, 6.45) is 7.32. The molecular formula is C26H25N5O2S. The number of hydrogen-bond donors (Lipinski definition) is 0. The van der Waals surface area contributed by atoms with Crippen LogP contribution < -0.4 is 0 Å². The van der Waals surface area contributed by atoms with Gasteiger partial charge in [0.15, 0.2) is 5.65 Å². The smallest absolute Gasteiger partial charge is 0.269 e. The summed E-state index contributed by atoms with van der Waals surface area (Å²) in [6.45, 7) is 2.92. The van der Waals surface area contributed by atoms with Crippen LogP contribution in [0.1, 0.15) is 24.4 Å². The van der Waals surface area contributed by atoms with E-state index in [1.165, 1.54) is 9.54 Å². The van der Waals surface area contributed by atoms with E-state index in [2.05, 4.69) is 43.7 Å². The normalized spacial score (nSPS) is 17.5. The highest BCUT2D eigenvalue weighted by Gasteiger charge is 2.25. The second kappa shape index (κ2) is 8.38. The fourth-order valence-corrected chi connectivity index (χ4v) is 6.33. The van der Waals surface area contributed by atoms with Gasteiger partial charge in [0.1, 0.15) is 5.52 Å². The van der Waals surface area contributed by atoms with Gasteiger partial charge in [0, 0.05) is 30.7 Å². The lowest BCUT2D eigenvalue weighted by atomic mass is 10.0. The van der Waals surface area contributed by atoms with Crippen molar-refractivity contribution >= 4 is 32.1 Å². The number of imidazole rings is 1.